The van der Waals surface area contributed by atoms with Crippen LogP contribution >= 0.6 is 11.6 Å². The molecule has 8 nitrogen and oxygen atoms in total. The summed E-state index contributed by atoms with van der Waals surface area (Å²) in [7, 11) is 0. The SMILES string of the molecule is O=C(c1cc(Nc2nccc(NCc3cccc(Cl)c3)n2)cc(N2CCOCC2)c1)N1CCCC1. The average molecular weight is 493 g/mol. The monoisotopic (exact) mass is 492 g/mol. The van der Waals surface area contributed by atoms with Crippen molar-refractivity contribution in [3.05, 3.63) is 70.9 Å². The van der Waals surface area contributed by atoms with E-state index >= 15 is 0 Å². The third-order valence-corrected chi connectivity index (χ3v) is 6.44. The fraction of sp³-hybridized carbons (Fsp3) is 0.346. The number of nitrogens with zero attached hydrogens (tertiary/aromatic N) is 4. The van der Waals surface area contributed by atoms with Gasteiger partial charge >= 0.3 is 0 Å². The van der Waals surface area contributed by atoms with Crippen molar-refractivity contribution >= 4 is 40.6 Å². The number of hydrogen-bond donors (Lipinski definition) is 2. The molecule has 2 aliphatic rings. The number of likely N-dealkylation sites (tertiary alicyclic amines) is 1. The van der Waals surface area contributed by atoms with Crippen LogP contribution in [0, 0.1) is 0 Å². The van der Waals surface area contributed by atoms with Gasteiger partial charge in [0.25, 0.3) is 5.91 Å². The molecule has 2 saturated heterocycles. The lowest BCUT2D eigenvalue weighted by atomic mass is 10.1. The van der Waals surface area contributed by atoms with E-state index in [4.69, 9.17) is 16.3 Å². The fourth-order valence-electron chi connectivity index (χ4n) is 4.40. The van der Waals surface area contributed by atoms with Gasteiger partial charge in [0.2, 0.25) is 5.95 Å². The van der Waals surface area contributed by atoms with Crippen molar-refractivity contribution in [2.45, 2.75) is 19.4 Å². The lowest BCUT2D eigenvalue weighted by molar-refractivity contribution is 0.0793. The zero-order valence-corrected chi connectivity index (χ0v) is 20.3. The Balaban J connectivity index is 1.36. The first kappa shape index (κ1) is 23.4. The summed E-state index contributed by atoms with van der Waals surface area (Å²) in [4.78, 5) is 26.4. The van der Waals surface area contributed by atoms with Gasteiger partial charge in [0, 0.05) is 60.9 Å². The van der Waals surface area contributed by atoms with Crippen LogP contribution in [0.15, 0.2) is 54.7 Å². The van der Waals surface area contributed by atoms with E-state index in [1.807, 2.05) is 53.4 Å². The third-order valence-electron chi connectivity index (χ3n) is 6.21. The van der Waals surface area contributed by atoms with Crippen LogP contribution in [0.3, 0.4) is 0 Å². The topological polar surface area (TPSA) is 82.6 Å². The molecule has 0 atom stereocenters. The highest BCUT2D eigenvalue weighted by Gasteiger charge is 2.22. The summed E-state index contributed by atoms with van der Waals surface area (Å²) in [6.45, 7) is 5.16. The van der Waals surface area contributed by atoms with Gasteiger partial charge in [0.05, 0.1) is 13.2 Å². The molecule has 2 fully saturated rings. The molecule has 0 spiro atoms. The Morgan fingerprint density at radius 2 is 1.86 bits per heavy atom. The minimum atomic E-state index is 0.0681. The third kappa shape index (κ3) is 6.01. The highest BCUT2D eigenvalue weighted by Crippen LogP contribution is 2.27. The number of anilines is 4. The lowest BCUT2D eigenvalue weighted by Gasteiger charge is -2.30. The normalized spacial score (nSPS) is 15.8. The van der Waals surface area contributed by atoms with E-state index in [0.717, 1.165) is 56.0 Å². The van der Waals surface area contributed by atoms with Gasteiger partial charge in [-0.2, -0.15) is 4.98 Å². The Bertz CT molecular complexity index is 1180. The number of hydrogen-bond acceptors (Lipinski definition) is 7. The van der Waals surface area contributed by atoms with Crippen molar-refractivity contribution in [1.82, 2.24) is 14.9 Å². The Hall–Kier alpha value is -3.36. The van der Waals surface area contributed by atoms with Crippen LogP contribution in [-0.4, -0.2) is 60.2 Å². The molecule has 0 unspecified atom stereocenters. The van der Waals surface area contributed by atoms with Gasteiger partial charge < -0.3 is 25.2 Å². The van der Waals surface area contributed by atoms with Gasteiger partial charge in [-0.05, 0) is 54.8 Å². The molecule has 9 heteroatoms. The largest absolute Gasteiger partial charge is 0.378 e. The molecule has 0 radical (unpaired) electrons. The number of ether oxygens (including phenoxy) is 1. The van der Waals surface area contributed by atoms with E-state index in [1.54, 1.807) is 6.20 Å². The maximum Gasteiger partial charge on any atom is 0.254 e. The first-order valence-corrected chi connectivity index (χ1v) is 12.4. The average Bonchev–Trinajstić information content (AvgIpc) is 3.43. The van der Waals surface area contributed by atoms with E-state index in [9.17, 15) is 4.79 Å². The van der Waals surface area contributed by atoms with Crippen molar-refractivity contribution in [1.29, 1.82) is 0 Å². The molecule has 2 aliphatic heterocycles. The van der Waals surface area contributed by atoms with Crippen molar-refractivity contribution in [2.24, 2.45) is 0 Å². The van der Waals surface area contributed by atoms with Gasteiger partial charge in [-0.1, -0.05) is 23.7 Å². The van der Waals surface area contributed by atoms with Crippen LogP contribution in [-0.2, 0) is 11.3 Å². The van der Waals surface area contributed by atoms with Crippen LogP contribution < -0.4 is 15.5 Å². The predicted molar refractivity (Wildman–Crippen MR) is 139 cm³/mol. The molecule has 3 heterocycles. The molecule has 3 aromatic rings. The molecule has 2 N–H and O–H groups in total. The Labute approximate surface area is 210 Å². The van der Waals surface area contributed by atoms with Crippen molar-refractivity contribution in [3.8, 4) is 0 Å². The van der Waals surface area contributed by atoms with E-state index in [0.29, 0.717) is 42.1 Å². The minimum Gasteiger partial charge on any atom is -0.378 e. The van der Waals surface area contributed by atoms with E-state index in [1.165, 1.54) is 0 Å². The molecule has 0 bridgehead atoms. The van der Waals surface area contributed by atoms with E-state index in [2.05, 4.69) is 25.5 Å². The lowest BCUT2D eigenvalue weighted by Crippen LogP contribution is -2.36. The molecule has 182 valence electrons. The Kier molecular flexibility index (Phi) is 7.30. The van der Waals surface area contributed by atoms with Crippen LogP contribution in [0.5, 0.6) is 0 Å². The van der Waals surface area contributed by atoms with Crippen molar-refractivity contribution in [3.63, 3.8) is 0 Å². The summed E-state index contributed by atoms with van der Waals surface area (Å²) >= 11 is 6.09. The van der Waals surface area contributed by atoms with Gasteiger partial charge in [0.1, 0.15) is 5.82 Å². The molecule has 1 aromatic heterocycles. The molecule has 0 saturated carbocycles. The van der Waals surface area contributed by atoms with Crippen LogP contribution in [0.1, 0.15) is 28.8 Å². The summed E-state index contributed by atoms with van der Waals surface area (Å²) in [6, 6.07) is 15.4. The van der Waals surface area contributed by atoms with Crippen LogP contribution in [0.2, 0.25) is 5.02 Å². The number of halogens is 1. The first-order chi connectivity index (χ1) is 17.1. The van der Waals surface area contributed by atoms with Gasteiger partial charge in [-0.25, -0.2) is 4.98 Å². The maximum absolute atomic E-state index is 13.2. The summed E-state index contributed by atoms with van der Waals surface area (Å²) in [5, 5.41) is 7.32. The number of amides is 1. The Morgan fingerprint density at radius 1 is 1.03 bits per heavy atom. The fourth-order valence-corrected chi connectivity index (χ4v) is 4.61. The van der Waals surface area contributed by atoms with Gasteiger partial charge in [-0.15, -0.1) is 0 Å². The van der Waals surface area contributed by atoms with Crippen LogP contribution in [0.25, 0.3) is 0 Å². The molecule has 0 aliphatic carbocycles. The standard InChI is InChI=1S/C26H29ClN6O2/c27-21-5-3-4-19(14-21)18-29-24-6-7-28-26(31-24)30-22-15-20(25(34)33-8-1-2-9-33)16-23(17-22)32-10-12-35-13-11-32/h3-7,14-17H,1-2,8-13,18H2,(H2,28,29,30,31). The second-order valence-corrected chi connectivity index (χ2v) is 9.18. The summed E-state index contributed by atoms with van der Waals surface area (Å²) in [6.07, 6.45) is 3.82. The highest BCUT2D eigenvalue weighted by atomic mass is 35.5. The molecule has 35 heavy (non-hydrogen) atoms. The van der Waals surface area contributed by atoms with Crippen molar-refractivity contribution in [2.75, 3.05) is 54.9 Å². The zero-order chi connectivity index (χ0) is 24.0. The number of aromatic nitrogens is 2. The summed E-state index contributed by atoms with van der Waals surface area (Å²) in [5.74, 6) is 1.22. The van der Waals surface area contributed by atoms with Crippen molar-refractivity contribution < 1.29 is 9.53 Å². The number of benzene rings is 2. The molecule has 2 aromatic carbocycles. The zero-order valence-electron chi connectivity index (χ0n) is 19.5. The van der Waals surface area contributed by atoms with Gasteiger partial charge in [0.15, 0.2) is 0 Å². The summed E-state index contributed by atoms with van der Waals surface area (Å²) < 4.78 is 5.51. The van der Waals surface area contributed by atoms with E-state index in [-0.39, 0.29) is 5.91 Å². The minimum absolute atomic E-state index is 0.0681. The number of morpholine rings is 1. The number of carbonyl (C=O) groups is 1. The maximum atomic E-state index is 13.2. The van der Waals surface area contributed by atoms with Gasteiger partial charge in [-0.3, -0.25) is 4.79 Å². The second-order valence-electron chi connectivity index (χ2n) is 8.74. The first-order valence-electron chi connectivity index (χ1n) is 12.0. The molecular formula is C26H29ClN6O2. The smallest absolute Gasteiger partial charge is 0.254 e. The second kappa shape index (κ2) is 10.9. The number of rotatable bonds is 7. The molecule has 5 rings (SSSR count). The van der Waals surface area contributed by atoms with Crippen LogP contribution in [0.4, 0.5) is 23.1 Å². The molecule has 1 amide bonds. The predicted octanol–water partition coefficient (Wildman–Crippen LogP) is 4.56. The Morgan fingerprint density at radius 3 is 2.66 bits per heavy atom. The summed E-state index contributed by atoms with van der Waals surface area (Å²) in [5.41, 5.74) is 3.52. The molecular weight excluding hydrogens is 464 g/mol. The number of carbonyl (C=O) groups excluding carboxylic acids is 1. The highest BCUT2D eigenvalue weighted by molar-refractivity contribution is 6.30. The quantitative estimate of drug-likeness (QED) is 0.500. The van der Waals surface area contributed by atoms with E-state index < -0.39 is 0 Å². The number of nitrogens with one attached hydrogen (secondary N) is 2.